The molecule has 0 unspecified atom stereocenters. The molecule has 1 aliphatic rings. The van der Waals surface area contributed by atoms with Crippen LogP contribution >= 0.6 is 0 Å². The number of carbonyl (C=O) groups is 1. The largest absolute Gasteiger partial charge is 0.416 e. The molecular formula is C25H42O3Si2. The topological polar surface area (TPSA) is 35.5 Å². The predicted octanol–water partition coefficient (Wildman–Crippen LogP) is 7.02. The van der Waals surface area contributed by atoms with Crippen LogP contribution < -0.4 is 0 Å². The first kappa shape index (κ1) is 25.2. The summed E-state index contributed by atoms with van der Waals surface area (Å²) in [5.41, 5.74) is 4.27. The molecule has 30 heavy (non-hydrogen) atoms. The van der Waals surface area contributed by atoms with Crippen molar-refractivity contribution in [2.24, 2.45) is 0 Å². The van der Waals surface area contributed by atoms with Crippen molar-refractivity contribution in [1.29, 1.82) is 0 Å². The first-order chi connectivity index (χ1) is 13.6. The predicted molar refractivity (Wildman–Crippen MR) is 134 cm³/mol. The fourth-order valence-electron chi connectivity index (χ4n) is 3.12. The Balaban J connectivity index is 2.09. The number of carbonyl (C=O) groups excluding carboxylic acids is 1. The van der Waals surface area contributed by atoms with Crippen LogP contribution in [0.15, 0.2) is 18.2 Å². The lowest BCUT2D eigenvalue weighted by molar-refractivity contribution is 0.104. The van der Waals surface area contributed by atoms with E-state index in [2.05, 4.69) is 79.9 Å². The van der Waals surface area contributed by atoms with Gasteiger partial charge in [-0.05, 0) is 71.9 Å². The molecule has 1 aromatic rings. The summed E-state index contributed by atoms with van der Waals surface area (Å²) < 4.78 is 12.7. The summed E-state index contributed by atoms with van der Waals surface area (Å²) in [5, 5.41) is 0.402. The van der Waals surface area contributed by atoms with Crippen LogP contribution in [-0.4, -0.2) is 35.6 Å². The van der Waals surface area contributed by atoms with E-state index in [1.54, 1.807) is 6.08 Å². The first-order valence-corrected chi connectivity index (χ1v) is 17.0. The van der Waals surface area contributed by atoms with Gasteiger partial charge in [0.1, 0.15) is 0 Å². The summed E-state index contributed by atoms with van der Waals surface area (Å²) in [4.78, 5) is 12.6. The van der Waals surface area contributed by atoms with E-state index in [-0.39, 0.29) is 15.9 Å². The van der Waals surface area contributed by atoms with Gasteiger partial charge in [0.05, 0.1) is 0 Å². The molecule has 0 saturated heterocycles. The van der Waals surface area contributed by atoms with E-state index in [1.165, 1.54) is 5.56 Å². The lowest BCUT2D eigenvalue weighted by Gasteiger charge is -2.36. The standard InChI is InChI=1S/C25H42O3Si2/c1-24(2,3)29(7,8)27-17-15-19-11-12-20(23-21(19)13-14-22(23)26)16-18-28-30(9,10)25(4,5)6/h11-14H,15-18H2,1-10H3. The monoisotopic (exact) mass is 446 g/mol. The number of fused-ring (bicyclic) bond motifs is 1. The van der Waals surface area contributed by atoms with E-state index in [0.717, 1.165) is 29.5 Å². The highest BCUT2D eigenvalue weighted by atomic mass is 28.4. The Morgan fingerprint density at radius 1 is 0.733 bits per heavy atom. The lowest BCUT2D eigenvalue weighted by atomic mass is 9.94. The molecule has 2 rings (SSSR count). The van der Waals surface area contributed by atoms with Gasteiger partial charge in [0.15, 0.2) is 22.4 Å². The summed E-state index contributed by atoms with van der Waals surface area (Å²) in [6.45, 7) is 24.0. The Bertz CT molecular complexity index is 809. The lowest BCUT2D eigenvalue weighted by Crippen LogP contribution is -2.41. The van der Waals surface area contributed by atoms with Crippen LogP contribution in [0.4, 0.5) is 0 Å². The van der Waals surface area contributed by atoms with Crippen LogP contribution in [0.25, 0.3) is 6.08 Å². The molecule has 0 bridgehead atoms. The molecule has 0 amide bonds. The van der Waals surface area contributed by atoms with Crippen molar-refractivity contribution in [1.82, 2.24) is 0 Å². The highest BCUT2D eigenvalue weighted by Gasteiger charge is 2.38. The number of allylic oxidation sites excluding steroid dienone is 1. The van der Waals surface area contributed by atoms with Gasteiger partial charge in [0.2, 0.25) is 0 Å². The maximum atomic E-state index is 12.6. The quantitative estimate of drug-likeness (QED) is 0.402. The molecule has 0 fully saturated rings. The second-order valence-electron chi connectivity index (χ2n) is 11.6. The van der Waals surface area contributed by atoms with Crippen molar-refractivity contribution < 1.29 is 13.6 Å². The number of benzene rings is 1. The smallest absolute Gasteiger partial charge is 0.191 e. The molecule has 0 atom stereocenters. The molecule has 0 heterocycles. The molecule has 0 aliphatic heterocycles. The highest BCUT2D eigenvalue weighted by Crippen LogP contribution is 2.38. The SMILES string of the molecule is CC(C)(C)[Si](C)(C)OCCc1ccc(CCO[Si](C)(C)C(C)(C)C)c2c1C=CC2=O. The Morgan fingerprint density at radius 3 is 1.63 bits per heavy atom. The maximum Gasteiger partial charge on any atom is 0.191 e. The van der Waals surface area contributed by atoms with Gasteiger partial charge in [-0.2, -0.15) is 0 Å². The second-order valence-corrected chi connectivity index (χ2v) is 21.2. The zero-order valence-electron chi connectivity index (χ0n) is 20.9. The van der Waals surface area contributed by atoms with E-state index in [1.807, 2.05) is 6.08 Å². The van der Waals surface area contributed by atoms with E-state index in [4.69, 9.17) is 8.85 Å². The van der Waals surface area contributed by atoms with Gasteiger partial charge in [-0.3, -0.25) is 4.79 Å². The molecule has 0 saturated carbocycles. The number of rotatable bonds is 8. The zero-order chi connectivity index (χ0) is 23.0. The zero-order valence-corrected chi connectivity index (χ0v) is 22.9. The molecule has 0 radical (unpaired) electrons. The average Bonchev–Trinajstić information content (AvgIpc) is 2.96. The van der Waals surface area contributed by atoms with Crippen molar-refractivity contribution >= 4 is 28.5 Å². The Kier molecular flexibility index (Phi) is 7.45. The van der Waals surface area contributed by atoms with Gasteiger partial charge in [-0.1, -0.05) is 59.8 Å². The molecule has 1 aliphatic carbocycles. The highest BCUT2D eigenvalue weighted by molar-refractivity contribution is 6.74. The third-order valence-corrected chi connectivity index (χ3v) is 16.4. The summed E-state index contributed by atoms with van der Waals surface area (Å²) >= 11 is 0. The van der Waals surface area contributed by atoms with E-state index in [9.17, 15) is 4.79 Å². The van der Waals surface area contributed by atoms with Crippen LogP contribution in [-0.2, 0) is 21.7 Å². The molecule has 1 aromatic carbocycles. The third kappa shape index (κ3) is 5.61. The summed E-state index contributed by atoms with van der Waals surface area (Å²) in [6.07, 6.45) is 5.31. The van der Waals surface area contributed by atoms with Gasteiger partial charge >= 0.3 is 0 Å². The van der Waals surface area contributed by atoms with Gasteiger partial charge in [0, 0.05) is 18.8 Å². The fraction of sp³-hybridized carbons (Fsp3) is 0.640. The molecule has 0 N–H and O–H groups in total. The van der Waals surface area contributed by atoms with Crippen molar-refractivity contribution in [3.05, 3.63) is 40.5 Å². The van der Waals surface area contributed by atoms with Gasteiger partial charge in [0.25, 0.3) is 0 Å². The fourth-order valence-corrected chi connectivity index (χ4v) is 5.21. The van der Waals surface area contributed by atoms with Crippen molar-refractivity contribution in [2.75, 3.05) is 13.2 Å². The summed E-state index contributed by atoms with van der Waals surface area (Å²) in [6, 6.07) is 4.30. The van der Waals surface area contributed by atoms with Crippen LogP contribution in [0.1, 0.15) is 68.6 Å². The minimum Gasteiger partial charge on any atom is -0.416 e. The van der Waals surface area contributed by atoms with Gasteiger partial charge < -0.3 is 8.85 Å². The molecule has 0 aromatic heterocycles. The number of hydrogen-bond donors (Lipinski definition) is 0. The van der Waals surface area contributed by atoms with Crippen LogP contribution in [0.2, 0.25) is 36.3 Å². The Hall–Kier alpha value is -1.02. The average molecular weight is 447 g/mol. The molecule has 3 nitrogen and oxygen atoms in total. The van der Waals surface area contributed by atoms with Gasteiger partial charge in [-0.15, -0.1) is 0 Å². The maximum absolute atomic E-state index is 12.6. The van der Waals surface area contributed by atoms with Crippen LogP contribution in [0.5, 0.6) is 0 Å². The summed E-state index contributed by atoms with van der Waals surface area (Å²) in [5.74, 6) is 0.125. The van der Waals surface area contributed by atoms with E-state index < -0.39 is 16.6 Å². The molecule has 5 heteroatoms. The van der Waals surface area contributed by atoms with E-state index >= 15 is 0 Å². The minimum absolute atomic E-state index is 0.125. The number of hydrogen-bond acceptors (Lipinski definition) is 3. The Morgan fingerprint density at radius 2 is 1.17 bits per heavy atom. The first-order valence-electron chi connectivity index (χ1n) is 11.2. The second kappa shape index (κ2) is 8.85. The third-order valence-electron chi connectivity index (χ3n) is 7.35. The van der Waals surface area contributed by atoms with Gasteiger partial charge in [-0.25, -0.2) is 0 Å². The molecule has 168 valence electrons. The van der Waals surface area contributed by atoms with E-state index in [0.29, 0.717) is 13.2 Å². The molecule has 0 spiro atoms. The number of ketones is 1. The van der Waals surface area contributed by atoms with Crippen LogP contribution in [0.3, 0.4) is 0 Å². The summed E-state index contributed by atoms with van der Waals surface area (Å²) in [7, 11) is -3.53. The van der Waals surface area contributed by atoms with Crippen LogP contribution in [0, 0.1) is 0 Å². The normalized spacial score (nSPS) is 15.1. The van der Waals surface area contributed by atoms with Crippen molar-refractivity contribution in [3.8, 4) is 0 Å². The van der Waals surface area contributed by atoms with Crippen molar-refractivity contribution in [2.45, 2.75) is 90.6 Å². The van der Waals surface area contributed by atoms with Crippen molar-refractivity contribution in [3.63, 3.8) is 0 Å². The molecular weight excluding hydrogens is 404 g/mol. The Labute approximate surface area is 186 Å². The minimum atomic E-state index is -1.78.